The zero-order valence-corrected chi connectivity index (χ0v) is 13.4. The van der Waals surface area contributed by atoms with Crippen molar-refractivity contribution in [1.29, 1.82) is 0 Å². The van der Waals surface area contributed by atoms with Gasteiger partial charge >= 0.3 is 5.69 Å². The van der Waals surface area contributed by atoms with Crippen molar-refractivity contribution in [3.8, 4) is 0 Å². The molecule has 2 rings (SSSR count). The minimum Gasteiger partial charge on any atom is -0.325 e. The molecule has 0 unspecified atom stereocenters. The third-order valence-corrected chi connectivity index (χ3v) is 3.84. The number of hydrogen-bond donors (Lipinski definition) is 0. The molecule has 0 aliphatic carbocycles. The molecule has 0 radical (unpaired) electrons. The average molecular weight is 304 g/mol. The Labute approximate surface area is 129 Å². The van der Waals surface area contributed by atoms with E-state index in [9.17, 15) is 9.59 Å². The van der Waals surface area contributed by atoms with Gasteiger partial charge in [0.1, 0.15) is 0 Å². The van der Waals surface area contributed by atoms with Crippen molar-refractivity contribution in [1.82, 2.24) is 18.7 Å². The fourth-order valence-corrected chi connectivity index (χ4v) is 2.61. The molecule has 0 saturated carbocycles. The van der Waals surface area contributed by atoms with E-state index in [1.54, 1.807) is 10.9 Å². The van der Waals surface area contributed by atoms with Crippen LogP contribution in [-0.4, -0.2) is 18.7 Å². The van der Waals surface area contributed by atoms with Gasteiger partial charge in [0.2, 0.25) is 0 Å². The molecule has 22 heavy (non-hydrogen) atoms. The largest absolute Gasteiger partial charge is 0.332 e. The van der Waals surface area contributed by atoms with E-state index in [4.69, 9.17) is 0 Å². The Morgan fingerprint density at radius 3 is 2.59 bits per heavy atom. The lowest BCUT2D eigenvalue weighted by molar-refractivity contribution is 0.559. The average Bonchev–Trinajstić information content (AvgIpc) is 2.92. The van der Waals surface area contributed by atoms with E-state index >= 15 is 0 Å². The van der Waals surface area contributed by atoms with Crippen LogP contribution in [-0.2, 0) is 19.6 Å². The van der Waals surface area contributed by atoms with Gasteiger partial charge in [0.05, 0.1) is 6.33 Å². The third kappa shape index (κ3) is 2.91. The van der Waals surface area contributed by atoms with Gasteiger partial charge in [0, 0.05) is 19.6 Å². The standard InChI is InChI=1S/C16H24N4O2/c1-4-7-9-10-18-12-17-14-13(18)15(21)19(6-3)16(22)20(14)11-8-5-2/h4,12H,1,5-11H2,2-3H3. The topological polar surface area (TPSA) is 61.8 Å². The highest BCUT2D eigenvalue weighted by molar-refractivity contribution is 5.70. The van der Waals surface area contributed by atoms with Gasteiger partial charge in [-0.15, -0.1) is 6.58 Å². The molecule has 2 aromatic rings. The number of fused-ring (bicyclic) bond motifs is 1. The lowest BCUT2D eigenvalue weighted by Gasteiger charge is -2.11. The first-order chi connectivity index (χ1) is 10.7. The van der Waals surface area contributed by atoms with Crippen molar-refractivity contribution in [2.24, 2.45) is 0 Å². The fourth-order valence-electron chi connectivity index (χ4n) is 2.61. The zero-order valence-electron chi connectivity index (χ0n) is 13.4. The van der Waals surface area contributed by atoms with Crippen molar-refractivity contribution >= 4 is 11.2 Å². The molecule has 0 saturated heterocycles. The van der Waals surface area contributed by atoms with Crippen LogP contribution in [0.4, 0.5) is 0 Å². The SMILES string of the molecule is C=CCCCn1cnc2c1c(=O)n(CC)c(=O)n2CCCC. The predicted molar refractivity (Wildman–Crippen MR) is 88.3 cm³/mol. The first-order valence-electron chi connectivity index (χ1n) is 7.95. The van der Waals surface area contributed by atoms with Gasteiger partial charge in [-0.05, 0) is 26.2 Å². The lowest BCUT2D eigenvalue weighted by atomic mass is 10.3. The Morgan fingerprint density at radius 1 is 1.18 bits per heavy atom. The summed E-state index contributed by atoms with van der Waals surface area (Å²) in [5.41, 5.74) is 0.532. The number of hydrogen-bond acceptors (Lipinski definition) is 3. The second-order valence-corrected chi connectivity index (χ2v) is 5.38. The van der Waals surface area contributed by atoms with Crippen LogP contribution in [0.15, 0.2) is 28.6 Å². The van der Waals surface area contributed by atoms with Crippen LogP contribution in [0.2, 0.25) is 0 Å². The van der Waals surface area contributed by atoms with Crippen molar-refractivity contribution in [2.45, 2.75) is 59.2 Å². The molecule has 0 aliphatic heterocycles. The summed E-state index contributed by atoms with van der Waals surface area (Å²) in [5, 5.41) is 0. The molecule has 0 bridgehead atoms. The second-order valence-electron chi connectivity index (χ2n) is 5.38. The van der Waals surface area contributed by atoms with Gasteiger partial charge < -0.3 is 4.57 Å². The van der Waals surface area contributed by atoms with Gasteiger partial charge in [-0.1, -0.05) is 19.4 Å². The van der Waals surface area contributed by atoms with E-state index < -0.39 is 0 Å². The monoisotopic (exact) mass is 304 g/mol. The summed E-state index contributed by atoms with van der Waals surface area (Å²) in [5.74, 6) is 0. The molecule has 0 amide bonds. The number of imidazole rings is 1. The molecule has 0 atom stereocenters. The maximum absolute atomic E-state index is 12.6. The highest BCUT2D eigenvalue weighted by Crippen LogP contribution is 2.09. The number of nitrogens with zero attached hydrogens (tertiary/aromatic N) is 4. The highest BCUT2D eigenvalue weighted by atomic mass is 16.2. The van der Waals surface area contributed by atoms with Crippen molar-refractivity contribution < 1.29 is 0 Å². The molecule has 2 heterocycles. The van der Waals surface area contributed by atoms with E-state index in [0.717, 1.165) is 25.7 Å². The first-order valence-corrected chi connectivity index (χ1v) is 7.95. The predicted octanol–water partition coefficient (Wildman–Crippen LogP) is 2.15. The molecule has 6 nitrogen and oxygen atoms in total. The summed E-state index contributed by atoms with van der Waals surface area (Å²) in [7, 11) is 0. The summed E-state index contributed by atoms with van der Waals surface area (Å²) in [4.78, 5) is 29.4. The smallest absolute Gasteiger partial charge is 0.325 e. The summed E-state index contributed by atoms with van der Waals surface area (Å²) in [6.07, 6.45) is 7.18. The van der Waals surface area contributed by atoms with E-state index in [-0.39, 0.29) is 11.2 Å². The zero-order chi connectivity index (χ0) is 16.1. The Morgan fingerprint density at radius 2 is 1.95 bits per heavy atom. The maximum Gasteiger partial charge on any atom is 0.332 e. The first kappa shape index (κ1) is 16.3. The normalized spacial score (nSPS) is 11.2. The van der Waals surface area contributed by atoms with Crippen LogP contribution in [0.3, 0.4) is 0 Å². The molecule has 2 aromatic heterocycles. The highest BCUT2D eigenvalue weighted by Gasteiger charge is 2.16. The van der Waals surface area contributed by atoms with Crippen LogP contribution in [0.1, 0.15) is 39.5 Å². The van der Waals surface area contributed by atoms with Gasteiger partial charge in [0.25, 0.3) is 5.56 Å². The van der Waals surface area contributed by atoms with Crippen molar-refractivity contribution in [2.75, 3.05) is 0 Å². The summed E-state index contributed by atoms with van der Waals surface area (Å²) in [6, 6.07) is 0. The number of rotatable bonds is 8. The van der Waals surface area contributed by atoms with Crippen LogP contribution in [0.25, 0.3) is 11.2 Å². The second kappa shape index (κ2) is 7.24. The quantitative estimate of drug-likeness (QED) is 0.554. The lowest BCUT2D eigenvalue weighted by Crippen LogP contribution is -2.40. The van der Waals surface area contributed by atoms with Crippen LogP contribution < -0.4 is 11.2 Å². The van der Waals surface area contributed by atoms with Gasteiger partial charge in [-0.25, -0.2) is 9.78 Å². The molecular formula is C16H24N4O2. The van der Waals surface area contributed by atoms with E-state index in [1.807, 2.05) is 17.6 Å². The van der Waals surface area contributed by atoms with Crippen LogP contribution in [0, 0.1) is 0 Å². The minimum absolute atomic E-state index is 0.244. The Bertz CT molecular complexity index is 767. The molecule has 0 N–H and O–H groups in total. The van der Waals surface area contributed by atoms with Gasteiger partial charge in [-0.3, -0.25) is 13.9 Å². The summed E-state index contributed by atoms with van der Waals surface area (Å²) < 4.78 is 4.78. The van der Waals surface area contributed by atoms with Crippen molar-refractivity contribution in [3.63, 3.8) is 0 Å². The minimum atomic E-state index is -0.259. The molecule has 6 heteroatoms. The number of aryl methyl sites for hydroxylation is 2. The molecule has 120 valence electrons. The molecule has 0 aliphatic rings. The molecular weight excluding hydrogens is 280 g/mol. The van der Waals surface area contributed by atoms with E-state index in [2.05, 4.69) is 18.5 Å². The van der Waals surface area contributed by atoms with E-state index in [1.165, 1.54) is 4.57 Å². The Balaban J connectivity index is 2.61. The van der Waals surface area contributed by atoms with Gasteiger partial charge in [0.15, 0.2) is 11.2 Å². The van der Waals surface area contributed by atoms with E-state index in [0.29, 0.717) is 30.8 Å². The third-order valence-electron chi connectivity index (χ3n) is 3.84. The number of aromatic nitrogens is 4. The summed E-state index contributed by atoms with van der Waals surface area (Å²) in [6.45, 7) is 9.27. The van der Waals surface area contributed by atoms with Crippen LogP contribution in [0.5, 0.6) is 0 Å². The Kier molecular flexibility index (Phi) is 5.35. The number of allylic oxidation sites excluding steroid dienone is 1. The van der Waals surface area contributed by atoms with Crippen molar-refractivity contribution in [3.05, 3.63) is 39.8 Å². The Hall–Kier alpha value is -2.11. The van der Waals surface area contributed by atoms with Gasteiger partial charge in [-0.2, -0.15) is 0 Å². The number of unbranched alkanes of at least 4 members (excludes halogenated alkanes) is 2. The molecule has 0 aromatic carbocycles. The molecule has 0 spiro atoms. The molecule has 0 fully saturated rings. The van der Waals surface area contributed by atoms with Crippen LogP contribution >= 0.6 is 0 Å². The maximum atomic E-state index is 12.6. The summed E-state index contributed by atoms with van der Waals surface area (Å²) >= 11 is 0. The fraction of sp³-hybridized carbons (Fsp3) is 0.562.